The number of fused-ring (bicyclic) bond motifs is 1. The third kappa shape index (κ3) is 2.06. The summed E-state index contributed by atoms with van der Waals surface area (Å²) in [5.41, 5.74) is 3.77. The van der Waals surface area contributed by atoms with E-state index in [4.69, 9.17) is 0 Å². The summed E-state index contributed by atoms with van der Waals surface area (Å²) in [5.74, 6) is 0.174. The molecule has 0 amide bonds. The molecule has 1 aromatic rings. The van der Waals surface area contributed by atoms with Gasteiger partial charge in [0.15, 0.2) is 0 Å². The second-order valence-electron chi connectivity index (χ2n) is 6.59. The number of rotatable bonds is 1. The third-order valence-corrected chi connectivity index (χ3v) is 4.71. The molecular formula is C17H22N2O. The normalized spacial score (nSPS) is 33.8. The number of aliphatic imine (C=N–C) groups is 1. The van der Waals surface area contributed by atoms with Crippen LogP contribution in [0.25, 0.3) is 5.57 Å². The minimum Gasteiger partial charge on any atom is -0.393 e. The maximum absolute atomic E-state index is 10.2. The van der Waals surface area contributed by atoms with Crippen molar-refractivity contribution in [2.45, 2.75) is 39.3 Å². The highest BCUT2D eigenvalue weighted by molar-refractivity contribution is 5.71. The number of hydrogen-bond donors (Lipinski definition) is 2. The summed E-state index contributed by atoms with van der Waals surface area (Å²) in [4.78, 5) is 4.69. The smallest absolute Gasteiger partial charge is 0.0871 e. The summed E-state index contributed by atoms with van der Waals surface area (Å²) >= 11 is 0. The Balaban J connectivity index is 2.08. The highest BCUT2D eigenvalue weighted by Crippen LogP contribution is 2.54. The molecule has 3 unspecified atom stereocenters. The van der Waals surface area contributed by atoms with Crippen LogP contribution in [0.2, 0.25) is 0 Å². The number of aliphatic hydroxyl groups excluding tert-OH is 1. The van der Waals surface area contributed by atoms with Gasteiger partial charge in [-0.2, -0.15) is 0 Å². The molecule has 3 rings (SSSR count). The van der Waals surface area contributed by atoms with E-state index in [0.717, 1.165) is 6.42 Å². The van der Waals surface area contributed by atoms with Crippen LogP contribution in [0.15, 0.2) is 35.5 Å². The van der Waals surface area contributed by atoms with Crippen LogP contribution in [0.4, 0.5) is 0 Å². The fourth-order valence-corrected chi connectivity index (χ4v) is 3.64. The van der Waals surface area contributed by atoms with E-state index >= 15 is 0 Å². The fourth-order valence-electron chi connectivity index (χ4n) is 3.64. The van der Waals surface area contributed by atoms with E-state index in [0.29, 0.717) is 0 Å². The molecule has 1 aliphatic carbocycles. The standard InChI is InChI=1S/C17H22N2O/c1-11-9-18-10-19-16(13-7-5-4-6-12(11)13)15-14(20)8-17(15,2)3/h4-7,9-10,14-16,20H,8H2,1-3H3,(H,18,19)/b11-9+. The van der Waals surface area contributed by atoms with E-state index in [2.05, 4.69) is 55.3 Å². The molecule has 1 aromatic carbocycles. The lowest BCUT2D eigenvalue weighted by molar-refractivity contribution is -0.0988. The summed E-state index contributed by atoms with van der Waals surface area (Å²) in [6.45, 7) is 6.54. The van der Waals surface area contributed by atoms with Gasteiger partial charge in [0, 0.05) is 12.1 Å². The second kappa shape index (κ2) is 4.74. The molecule has 0 spiro atoms. The number of nitrogens with one attached hydrogen (secondary N) is 1. The molecular weight excluding hydrogens is 248 g/mol. The zero-order chi connectivity index (χ0) is 14.3. The van der Waals surface area contributed by atoms with Crippen LogP contribution in [0.3, 0.4) is 0 Å². The Kier molecular flexibility index (Phi) is 3.17. The van der Waals surface area contributed by atoms with Gasteiger partial charge < -0.3 is 10.4 Å². The van der Waals surface area contributed by atoms with Gasteiger partial charge in [0.05, 0.1) is 18.5 Å². The first kappa shape index (κ1) is 13.4. The molecule has 1 fully saturated rings. The molecule has 1 saturated carbocycles. The summed E-state index contributed by atoms with van der Waals surface area (Å²) in [6, 6.07) is 8.40. The monoisotopic (exact) mass is 270 g/mol. The minimum absolute atomic E-state index is 0.0149. The van der Waals surface area contributed by atoms with Crippen molar-refractivity contribution in [1.82, 2.24) is 5.32 Å². The van der Waals surface area contributed by atoms with E-state index in [-0.39, 0.29) is 23.5 Å². The van der Waals surface area contributed by atoms with Gasteiger partial charge in [0.1, 0.15) is 0 Å². The Labute approximate surface area is 120 Å². The molecule has 106 valence electrons. The minimum atomic E-state index is -0.260. The number of benzene rings is 1. The molecule has 3 heteroatoms. The Morgan fingerprint density at radius 2 is 2.05 bits per heavy atom. The van der Waals surface area contributed by atoms with Gasteiger partial charge in [0.2, 0.25) is 0 Å². The molecule has 3 nitrogen and oxygen atoms in total. The maximum Gasteiger partial charge on any atom is 0.0871 e. The average Bonchev–Trinajstić information content (AvgIpc) is 2.39. The Hall–Kier alpha value is -1.61. The first-order valence-electron chi connectivity index (χ1n) is 7.22. The van der Waals surface area contributed by atoms with Crippen molar-refractivity contribution in [2.24, 2.45) is 16.3 Å². The molecule has 0 saturated heterocycles. The van der Waals surface area contributed by atoms with E-state index in [9.17, 15) is 5.11 Å². The van der Waals surface area contributed by atoms with Crippen LogP contribution >= 0.6 is 0 Å². The molecule has 1 heterocycles. The first-order chi connectivity index (χ1) is 9.50. The molecule has 0 bridgehead atoms. The molecule has 2 aliphatic rings. The van der Waals surface area contributed by atoms with E-state index < -0.39 is 0 Å². The zero-order valence-corrected chi connectivity index (χ0v) is 12.3. The average molecular weight is 270 g/mol. The Morgan fingerprint density at radius 3 is 2.75 bits per heavy atom. The fraction of sp³-hybridized carbons (Fsp3) is 0.471. The van der Waals surface area contributed by atoms with Crippen LogP contribution in [-0.4, -0.2) is 17.5 Å². The Morgan fingerprint density at radius 1 is 1.30 bits per heavy atom. The molecule has 20 heavy (non-hydrogen) atoms. The van der Waals surface area contributed by atoms with E-state index in [1.165, 1.54) is 16.7 Å². The van der Waals surface area contributed by atoms with Crippen LogP contribution in [-0.2, 0) is 0 Å². The van der Waals surface area contributed by atoms with Crippen LogP contribution in [0.5, 0.6) is 0 Å². The van der Waals surface area contributed by atoms with Crippen LogP contribution in [0, 0.1) is 11.3 Å². The molecule has 1 aliphatic heterocycles. The number of allylic oxidation sites excluding steroid dienone is 1. The van der Waals surface area contributed by atoms with Gasteiger partial charge in [-0.1, -0.05) is 38.1 Å². The van der Waals surface area contributed by atoms with Gasteiger partial charge in [-0.05, 0) is 35.5 Å². The summed E-state index contributed by atoms with van der Waals surface area (Å²) in [5, 5.41) is 13.4. The summed E-state index contributed by atoms with van der Waals surface area (Å²) in [6.07, 6.45) is 4.32. The maximum atomic E-state index is 10.2. The van der Waals surface area contributed by atoms with Gasteiger partial charge in [-0.15, -0.1) is 0 Å². The van der Waals surface area contributed by atoms with Gasteiger partial charge in [-0.25, -0.2) is 0 Å². The Bertz CT molecular complexity index is 574. The van der Waals surface area contributed by atoms with Gasteiger partial charge in [-0.3, -0.25) is 4.99 Å². The van der Waals surface area contributed by atoms with Crippen molar-refractivity contribution < 1.29 is 5.11 Å². The predicted octanol–water partition coefficient (Wildman–Crippen LogP) is 3.13. The van der Waals surface area contributed by atoms with Crippen LogP contribution in [0.1, 0.15) is 44.4 Å². The van der Waals surface area contributed by atoms with Crippen molar-refractivity contribution in [3.63, 3.8) is 0 Å². The lowest BCUT2D eigenvalue weighted by atomic mass is 9.56. The second-order valence-corrected chi connectivity index (χ2v) is 6.59. The number of nitrogens with zero attached hydrogens (tertiary/aromatic N) is 1. The highest BCUT2D eigenvalue weighted by Gasteiger charge is 2.51. The van der Waals surface area contributed by atoms with Crippen molar-refractivity contribution in [3.05, 3.63) is 41.6 Å². The van der Waals surface area contributed by atoms with Crippen molar-refractivity contribution >= 4 is 11.9 Å². The quantitative estimate of drug-likeness (QED) is 0.823. The third-order valence-electron chi connectivity index (χ3n) is 4.71. The lowest BCUT2D eigenvalue weighted by Crippen LogP contribution is -2.50. The summed E-state index contributed by atoms with van der Waals surface area (Å²) < 4.78 is 0. The predicted molar refractivity (Wildman–Crippen MR) is 82.4 cm³/mol. The summed E-state index contributed by atoms with van der Waals surface area (Å²) in [7, 11) is 0. The zero-order valence-electron chi connectivity index (χ0n) is 12.3. The molecule has 2 N–H and O–H groups in total. The van der Waals surface area contributed by atoms with E-state index in [1.807, 2.05) is 6.20 Å². The number of aliphatic hydroxyl groups is 1. The topological polar surface area (TPSA) is 44.6 Å². The van der Waals surface area contributed by atoms with Crippen molar-refractivity contribution in [1.29, 1.82) is 0 Å². The van der Waals surface area contributed by atoms with Crippen molar-refractivity contribution in [3.8, 4) is 0 Å². The van der Waals surface area contributed by atoms with Crippen molar-refractivity contribution in [2.75, 3.05) is 0 Å². The largest absolute Gasteiger partial charge is 0.393 e. The molecule has 3 atom stereocenters. The molecule has 0 aromatic heterocycles. The van der Waals surface area contributed by atoms with Gasteiger partial charge >= 0.3 is 0 Å². The number of hydrogen-bond acceptors (Lipinski definition) is 3. The van der Waals surface area contributed by atoms with E-state index in [1.54, 1.807) is 6.34 Å². The van der Waals surface area contributed by atoms with Gasteiger partial charge in [0.25, 0.3) is 0 Å². The SMILES string of the molecule is C/C1=C\NC=NC(C2C(O)CC2(C)C)c2ccccc21. The lowest BCUT2D eigenvalue weighted by Gasteiger charge is -2.51. The highest BCUT2D eigenvalue weighted by atomic mass is 16.3. The molecule has 0 radical (unpaired) electrons. The van der Waals surface area contributed by atoms with Crippen LogP contribution < -0.4 is 5.32 Å². The first-order valence-corrected chi connectivity index (χ1v) is 7.22.